The zero-order valence-electron chi connectivity index (χ0n) is 13.7. The van der Waals surface area contributed by atoms with Gasteiger partial charge < -0.3 is 9.47 Å². The minimum atomic E-state index is -3.79. The van der Waals surface area contributed by atoms with Crippen molar-refractivity contribution < 1.29 is 22.7 Å². The first kappa shape index (κ1) is 17.5. The standard InChI is InChI=1S/C17H13N3O5S2/c18-27(22,23)11-3-4-12-15(8-11)26-17(19-12)20-16(21)6-2-10-1-5-13-14(7-10)25-9-24-13/h1-8H,9H2,(H2,18,22,23)(H,19,20,21)/b6-2+. The van der Waals surface area contributed by atoms with Gasteiger partial charge in [-0.2, -0.15) is 0 Å². The number of anilines is 1. The number of nitrogens with two attached hydrogens (primary N) is 1. The lowest BCUT2D eigenvalue weighted by Crippen LogP contribution is -2.11. The van der Waals surface area contributed by atoms with E-state index in [1.165, 1.54) is 18.2 Å². The Kier molecular flexibility index (Phi) is 4.30. The van der Waals surface area contributed by atoms with E-state index in [9.17, 15) is 13.2 Å². The van der Waals surface area contributed by atoms with Crippen LogP contribution in [0.1, 0.15) is 5.56 Å². The molecule has 0 saturated heterocycles. The minimum absolute atomic E-state index is 0.000713. The number of ether oxygens (including phenoxy) is 2. The number of primary sulfonamides is 1. The zero-order chi connectivity index (χ0) is 19.0. The van der Waals surface area contributed by atoms with Gasteiger partial charge in [0.05, 0.1) is 15.1 Å². The summed E-state index contributed by atoms with van der Waals surface area (Å²) in [6.07, 6.45) is 3.02. The molecule has 0 saturated carbocycles. The smallest absolute Gasteiger partial charge is 0.250 e. The quantitative estimate of drug-likeness (QED) is 0.645. The number of fused-ring (bicyclic) bond motifs is 2. The lowest BCUT2D eigenvalue weighted by atomic mass is 10.2. The Balaban J connectivity index is 1.49. The number of aromatic nitrogens is 1. The van der Waals surface area contributed by atoms with Gasteiger partial charge in [-0.15, -0.1) is 0 Å². The van der Waals surface area contributed by atoms with E-state index in [0.717, 1.165) is 16.9 Å². The van der Waals surface area contributed by atoms with Crippen molar-refractivity contribution in [3.8, 4) is 11.5 Å². The average molecular weight is 403 g/mol. The molecule has 0 fully saturated rings. The summed E-state index contributed by atoms with van der Waals surface area (Å²) in [5.41, 5.74) is 1.36. The summed E-state index contributed by atoms with van der Waals surface area (Å²) in [6, 6.07) is 9.71. The number of carbonyl (C=O) groups is 1. The number of hydrogen-bond donors (Lipinski definition) is 2. The normalized spacial score (nSPS) is 13.4. The number of nitrogens with one attached hydrogen (secondary N) is 1. The molecule has 3 aromatic rings. The van der Waals surface area contributed by atoms with Crippen molar-refractivity contribution >= 4 is 48.7 Å². The Morgan fingerprint density at radius 2 is 2.00 bits per heavy atom. The Morgan fingerprint density at radius 1 is 1.19 bits per heavy atom. The molecule has 3 N–H and O–H groups in total. The maximum Gasteiger partial charge on any atom is 0.250 e. The lowest BCUT2D eigenvalue weighted by Gasteiger charge is -1.98. The van der Waals surface area contributed by atoms with Crippen LogP contribution in [0.2, 0.25) is 0 Å². The molecule has 10 heteroatoms. The van der Waals surface area contributed by atoms with Gasteiger partial charge in [0.25, 0.3) is 0 Å². The van der Waals surface area contributed by atoms with Crippen LogP contribution in [0.25, 0.3) is 16.3 Å². The first-order valence-corrected chi connectivity index (χ1v) is 10.1. The van der Waals surface area contributed by atoms with Gasteiger partial charge in [0.2, 0.25) is 22.7 Å². The van der Waals surface area contributed by atoms with Crippen LogP contribution >= 0.6 is 11.3 Å². The molecule has 1 aromatic heterocycles. The zero-order valence-corrected chi connectivity index (χ0v) is 15.3. The number of carbonyl (C=O) groups excluding carboxylic acids is 1. The second-order valence-corrected chi connectivity index (χ2v) is 8.22. The van der Waals surface area contributed by atoms with Gasteiger partial charge in [-0.25, -0.2) is 18.5 Å². The molecule has 0 unspecified atom stereocenters. The van der Waals surface area contributed by atoms with Crippen molar-refractivity contribution in [2.24, 2.45) is 5.14 Å². The highest BCUT2D eigenvalue weighted by molar-refractivity contribution is 7.89. The Bertz CT molecular complexity index is 1180. The third-order valence-electron chi connectivity index (χ3n) is 3.74. The first-order valence-electron chi connectivity index (χ1n) is 7.71. The van der Waals surface area contributed by atoms with Gasteiger partial charge in [0.1, 0.15) is 0 Å². The second kappa shape index (κ2) is 6.65. The van der Waals surface area contributed by atoms with E-state index in [2.05, 4.69) is 10.3 Å². The van der Waals surface area contributed by atoms with Crippen LogP contribution in [0.15, 0.2) is 47.4 Å². The molecule has 0 bridgehead atoms. The van der Waals surface area contributed by atoms with Crippen LogP contribution in [0.3, 0.4) is 0 Å². The number of sulfonamides is 1. The number of rotatable bonds is 4. The molecule has 4 rings (SSSR count). The summed E-state index contributed by atoms with van der Waals surface area (Å²) < 4.78 is 34.0. The average Bonchev–Trinajstić information content (AvgIpc) is 3.23. The maximum atomic E-state index is 12.1. The van der Waals surface area contributed by atoms with Gasteiger partial charge in [0, 0.05) is 6.08 Å². The molecule has 1 amide bonds. The predicted molar refractivity (Wildman–Crippen MR) is 101 cm³/mol. The van der Waals surface area contributed by atoms with E-state index < -0.39 is 10.0 Å². The van der Waals surface area contributed by atoms with Crippen LogP contribution in [0.5, 0.6) is 11.5 Å². The Labute approximate surface area is 158 Å². The summed E-state index contributed by atoms with van der Waals surface area (Å²) in [5.74, 6) is 0.942. The summed E-state index contributed by atoms with van der Waals surface area (Å²) >= 11 is 1.16. The van der Waals surface area contributed by atoms with E-state index in [0.29, 0.717) is 26.8 Å². The topological polar surface area (TPSA) is 121 Å². The van der Waals surface area contributed by atoms with Gasteiger partial charge in [-0.1, -0.05) is 17.4 Å². The van der Waals surface area contributed by atoms with Crippen molar-refractivity contribution in [3.63, 3.8) is 0 Å². The van der Waals surface area contributed by atoms with Crippen molar-refractivity contribution in [2.75, 3.05) is 12.1 Å². The van der Waals surface area contributed by atoms with Crippen LogP contribution < -0.4 is 19.9 Å². The summed E-state index contributed by atoms with van der Waals surface area (Å²) in [4.78, 5) is 16.4. The van der Waals surface area contributed by atoms with Crippen LogP contribution in [-0.4, -0.2) is 26.1 Å². The number of amides is 1. The van der Waals surface area contributed by atoms with Gasteiger partial charge in [-0.05, 0) is 42.0 Å². The number of nitrogens with zero attached hydrogens (tertiary/aromatic N) is 1. The van der Waals surface area contributed by atoms with Gasteiger partial charge in [-0.3, -0.25) is 10.1 Å². The first-order chi connectivity index (χ1) is 12.9. The SMILES string of the molecule is NS(=O)(=O)c1ccc2nc(NC(=O)/C=C/c3ccc4c(c3)OCO4)sc2c1. The van der Waals surface area contributed by atoms with Gasteiger partial charge >= 0.3 is 0 Å². The molecular formula is C17H13N3O5S2. The van der Waals surface area contributed by atoms with Crippen LogP contribution in [-0.2, 0) is 14.8 Å². The highest BCUT2D eigenvalue weighted by Crippen LogP contribution is 2.33. The summed E-state index contributed by atoms with van der Waals surface area (Å²) in [7, 11) is -3.79. The summed E-state index contributed by atoms with van der Waals surface area (Å²) in [5, 5.41) is 8.14. The van der Waals surface area contributed by atoms with Crippen LogP contribution in [0, 0.1) is 0 Å². The Morgan fingerprint density at radius 3 is 2.81 bits per heavy atom. The fourth-order valence-electron chi connectivity index (χ4n) is 2.47. The molecule has 27 heavy (non-hydrogen) atoms. The van der Waals surface area contributed by atoms with Crippen molar-refractivity contribution in [1.82, 2.24) is 4.98 Å². The molecule has 0 radical (unpaired) electrons. The van der Waals surface area contributed by atoms with Crippen molar-refractivity contribution in [3.05, 3.63) is 48.0 Å². The molecular weight excluding hydrogens is 390 g/mol. The largest absolute Gasteiger partial charge is 0.454 e. The van der Waals surface area contributed by atoms with E-state index >= 15 is 0 Å². The molecule has 1 aliphatic rings. The van der Waals surface area contributed by atoms with E-state index in [-0.39, 0.29) is 17.6 Å². The fraction of sp³-hybridized carbons (Fsp3) is 0.0588. The maximum absolute atomic E-state index is 12.1. The fourth-order valence-corrected chi connectivity index (χ4v) is 3.99. The number of hydrogen-bond acceptors (Lipinski definition) is 7. The number of thiazole rings is 1. The predicted octanol–water partition coefficient (Wildman–Crippen LogP) is 2.32. The van der Waals surface area contributed by atoms with Crippen LogP contribution in [0.4, 0.5) is 5.13 Å². The highest BCUT2D eigenvalue weighted by atomic mass is 32.2. The molecule has 1 aliphatic heterocycles. The lowest BCUT2D eigenvalue weighted by molar-refractivity contribution is -0.111. The molecule has 138 valence electrons. The number of benzene rings is 2. The van der Waals surface area contributed by atoms with E-state index in [1.807, 2.05) is 6.07 Å². The monoisotopic (exact) mass is 403 g/mol. The second-order valence-electron chi connectivity index (χ2n) is 5.63. The van der Waals surface area contributed by atoms with E-state index in [1.54, 1.807) is 24.3 Å². The molecule has 8 nitrogen and oxygen atoms in total. The minimum Gasteiger partial charge on any atom is -0.454 e. The third-order valence-corrected chi connectivity index (χ3v) is 5.59. The molecule has 2 aromatic carbocycles. The van der Waals surface area contributed by atoms with Gasteiger partial charge in [0.15, 0.2) is 16.6 Å². The van der Waals surface area contributed by atoms with E-state index in [4.69, 9.17) is 14.6 Å². The summed E-state index contributed by atoms with van der Waals surface area (Å²) in [6.45, 7) is 0.188. The molecule has 0 aliphatic carbocycles. The van der Waals surface area contributed by atoms with Crippen molar-refractivity contribution in [1.29, 1.82) is 0 Å². The van der Waals surface area contributed by atoms with Crippen molar-refractivity contribution in [2.45, 2.75) is 4.90 Å². The highest BCUT2D eigenvalue weighted by Gasteiger charge is 2.13. The third kappa shape index (κ3) is 3.77. The molecule has 2 heterocycles. The molecule has 0 spiro atoms. The molecule has 0 atom stereocenters. The Hall–Kier alpha value is -2.95.